The Balaban J connectivity index is 3.03. The molecular formula is C18H32O. The molecule has 1 nitrogen and oxygen atoms in total. The molecule has 0 aromatic heterocycles. The van der Waals surface area contributed by atoms with E-state index in [4.69, 9.17) is 5.11 Å². The molecule has 0 bridgehead atoms. The van der Waals surface area contributed by atoms with Crippen LogP contribution in [0.25, 0.3) is 0 Å². The molecule has 0 aliphatic carbocycles. The highest BCUT2D eigenvalue weighted by molar-refractivity contribution is 4.79. The molecule has 0 unspecified atom stereocenters. The molecule has 0 fully saturated rings. The molecule has 0 aromatic carbocycles. The molecule has 0 aliphatic heterocycles. The first-order valence-corrected chi connectivity index (χ1v) is 8.10. The smallest absolute Gasteiger partial charge is 0.121 e. The molecule has 0 saturated heterocycles. The van der Waals surface area contributed by atoms with Crippen LogP contribution in [0.5, 0.6) is 0 Å². The highest BCUT2D eigenvalue weighted by Gasteiger charge is 1.92. The zero-order chi connectivity index (χ0) is 14.0. The van der Waals surface area contributed by atoms with Gasteiger partial charge in [-0.3, -0.25) is 0 Å². The van der Waals surface area contributed by atoms with E-state index in [0.717, 1.165) is 12.7 Å². The molecule has 0 radical (unpaired) electrons. The van der Waals surface area contributed by atoms with Gasteiger partial charge in [-0.15, -0.1) is 0 Å². The molecule has 0 amide bonds. The number of hydrogen-bond donors (Lipinski definition) is 1. The monoisotopic (exact) mass is 264 g/mol. The highest BCUT2D eigenvalue weighted by Crippen LogP contribution is 2.11. The van der Waals surface area contributed by atoms with Crippen molar-refractivity contribution >= 4 is 0 Å². The molecule has 1 heteroatoms. The summed E-state index contributed by atoms with van der Waals surface area (Å²) in [5.74, 6) is 0. The fraction of sp³-hybridized carbons (Fsp3) is 0.722. The normalized spacial score (nSPS) is 10.6. The Kier molecular flexibility index (Phi) is 16.2. The van der Waals surface area contributed by atoms with Crippen molar-refractivity contribution in [2.75, 3.05) is 0 Å². The Bertz CT molecular complexity index is 246. The van der Waals surface area contributed by atoms with Crippen molar-refractivity contribution in [1.29, 1.82) is 0 Å². The van der Waals surface area contributed by atoms with E-state index in [2.05, 4.69) is 24.8 Å². The summed E-state index contributed by atoms with van der Waals surface area (Å²) in [6.07, 6.45) is 23.2. The first kappa shape index (κ1) is 18.1. The maximum absolute atomic E-state index is 8.40. The first-order chi connectivity index (χ1) is 9.41. The Morgan fingerprint density at radius 3 is 1.79 bits per heavy atom. The molecule has 0 atom stereocenters. The largest absolute Gasteiger partial charge is 0.507 e. The Morgan fingerprint density at radius 2 is 1.26 bits per heavy atom. The topological polar surface area (TPSA) is 20.2 Å². The molecule has 0 saturated carbocycles. The summed E-state index contributed by atoms with van der Waals surface area (Å²) < 4.78 is 0. The second-order valence-corrected chi connectivity index (χ2v) is 5.14. The highest BCUT2D eigenvalue weighted by atomic mass is 16.2. The van der Waals surface area contributed by atoms with Crippen molar-refractivity contribution in [2.45, 2.75) is 84.0 Å². The minimum Gasteiger partial charge on any atom is -0.507 e. The van der Waals surface area contributed by atoms with Crippen LogP contribution < -0.4 is 0 Å². The van der Waals surface area contributed by atoms with E-state index >= 15 is 0 Å². The van der Waals surface area contributed by atoms with Crippen LogP contribution in [0, 0.1) is 0 Å². The van der Waals surface area contributed by atoms with Gasteiger partial charge < -0.3 is 5.11 Å². The second-order valence-electron chi connectivity index (χ2n) is 5.14. The Hall–Kier alpha value is -0.940. The molecule has 0 rings (SSSR count). The SMILES string of the molecule is CCC=CCCCCCCCCCCCC=C=CO. The molecule has 0 heterocycles. The van der Waals surface area contributed by atoms with Gasteiger partial charge in [0.25, 0.3) is 0 Å². The van der Waals surface area contributed by atoms with E-state index in [1.54, 1.807) is 0 Å². The zero-order valence-corrected chi connectivity index (χ0v) is 12.7. The van der Waals surface area contributed by atoms with Crippen molar-refractivity contribution in [1.82, 2.24) is 0 Å². The van der Waals surface area contributed by atoms with Crippen molar-refractivity contribution in [3.05, 3.63) is 30.2 Å². The molecule has 0 aromatic rings. The summed E-state index contributed by atoms with van der Waals surface area (Å²) in [6, 6.07) is 0. The summed E-state index contributed by atoms with van der Waals surface area (Å²) in [7, 11) is 0. The van der Waals surface area contributed by atoms with Gasteiger partial charge in [-0.25, -0.2) is 0 Å². The number of aliphatic hydroxyl groups is 1. The summed E-state index contributed by atoms with van der Waals surface area (Å²) in [5.41, 5.74) is 2.69. The predicted molar refractivity (Wildman–Crippen MR) is 85.5 cm³/mol. The molecule has 0 aliphatic rings. The van der Waals surface area contributed by atoms with E-state index in [-0.39, 0.29) is 0 Å². The number of allylic oxidation sites excluding steroid dienone is 3. The lowest BCUT2D eigenvalue weighted by Crippen LogP contribution is -1.81. The van der Waals surface area contributed by atoms with Crippen LogP contribution in [-0.4, -0.2) is 5.11 Å². The van der Waals surface area contributed by atoms with Crippen LogP contribution in [0.1, 0.15) is 84.0 Å². The van der Waals surface area contributed by atoms with Crippen LogP contribution >= 0.6 is 0 Å². The van der Waals surface area contributed by atoms with Crippen molar-refractivity contribution in [3.63, 3.8) is 0 Å². The average Bonchev–Trinajstić information content (AvgIpc) is 2.43. The Labute approximate surface area is 120 Å². The van der Waals surface area contributed by atoms with E-state index in [9.17, 15) is 0 Å². The third kappa shape index (κ3) is 17.1. The molecule has 19 heavy (non-hydrogen) atoms. The van der Waals surface area contributed by atoms with Gasteiger partial charge in [0.2, 0.25) is 0 Å². The minimum absolute atomic E-state index is 0.984. The van der Waals surface area contributed by atoms with Crippen LogP contribution in [0.15, 0.2) is 30.2 Å². The van der Waals surface area contributed by atoms with E-state index in [1.807, 2.05) is 6.08 Å². The van der Waals surface area contributed by atoms with Crippen LogP contribution in [0.3, 0.4) is 0 Å². The molecular weight excluding hydrogens is 232 g/mol. The Morgan fingerprint density at radius 1 is 0.737 bits per heavy atom. The van der Waals surface area contributed by atoms with Gasteiger partial charge in [0, 0.05) is 0 Å². The lowest BCUT2D eigenvalue weighted by Gasteiger charge is -2.01. The van der Waals surface area contributed by atoms with Gasteiger partial charge in [-0.1, -0.05) is 69.8 Å². The van der Waals surface area contributed by atoms with E-state index in [0.29, 0.717) is 0 Å². The van der Waals surface area contributed by atoms with Gasteiger partial charge >= 0.3 is 0 Å². The predicted octanol–water partition coefficient (Wildman–Crippen LogP) is 6.47. The van der Waals surface area contributed by atoms with Crippen LogP contribution in [0.2, 0.25) is 0 Å². The van der Waals surface area contributed by atoms with Crippen molar-refractivity contribution in [2.24, 2.45) is 0 Å². The fourth-order valence-electron chi connectivity index (χ4n) is 2.17. The molecule has 110 valence electrons. The van der Waals surface area contributed by atoms with Crippen molar-refractivity contribution in [3.8, 4) is 0 Å². The van der Waals surface area contributed by atoms with Gasteiger partial charge in [0.05, 0.1) is 0 Å². The number of rotatable bonds is 13. The maximum Gasteiger partial charge on any atom is 0.121 e. The molecule has 0 spiro atoms. The quantitative estimate of drug-likeness (QED) is 0.175. The van der Waals surface area contributed by atoms with Gasteiger partial charge in [-0.2, -0.15) is 0 Å². The summed E-state index contributed by atoms with van der Waals surface area (Å²) in [6.45, 7) is 2.19. The fourth-order valence-corrected chi connectivity index (χ4v) is 2.17. The summed E-state index contributed by atoms with van der Waals surface area (Å²) in [4.78, 5) is 0. The van der Waals surface area contributed by atoms with E-state index in [1.165, 1.54) is 70.6 Å². The number of hydrogen-bond acceptors (Lipinski definition) is 1. The first-order valence-electron chi connectivity index (χ1n) is 8.10. The van der Waals surface area contributed by atoms with Gasteiger partial charge in [-0.05, 0) is 38.2 Å². The van der Waals surface area contributed by atoms with Gasteiger partial charge in [0.1, 0.15) is 6.26 Å². The second kappa shape index (κ2) is 17.1. The number of unbranched alkanes of at least 4 members (excludes halogenated alkanes) is 10. The average molecular weight is 264 g/mol. The third-order valence-corrected chi connectivity index (χ3v) is 3.31. The van der Waals surface area contributed by atoms with Crippen LogP contribution in [-0.2, 0) is 0 Å². The lowest BCUT2D eigenvalue weighted by atomic mass is 10.1. The van der Waals surface area contributed by atoms with Gasteiger partial charge in [0.15, 0.2) is 0 Å². The number of aliphatic hydroxyl groups excluding tert-OH is 1. The summed E-state index contributed by atoms with van der Waals surface area (Å²) >= 11 is 0. The molecule has 1 N–H and O–H groups in total. The maximum atomic E-state index is 8.40. The standard InChI is InChI=1S/C18H32O/c1-2-3-4-5-6-7-8-9-10-11-12-13-14-15-16-17-18-19/h3-4,16,18-19H,2,5-15H2,1H3. The minimum atomic E-state index is 0.984. The van der Waals surface area contributed by atoms with E-state index < -0.39 is 0 Å². The van der Waals surface area contributed by atoms with Crippen molar-refractivity contribution < 1.29 is 5.11 Å². The zero-order valence-electron chi connectivity index (χ0n) is 12.7. The third-order valence-electron chi connectivity index (χ3n) is 3.31. The summed E-state index contributed by atoms with van der Waals surface area (Å²) in [5, 5.41) is 8.40. The lowest BCUT2D eigenvalue weighted by molar-refractivity contribution is 0.474. The van der Waals surface area contributed by atoms with Crippen LogP contribution in [0.4, 0.5) is 0 Å².